The smallest absolute Gasteiger partial charge is 0.312 e. The van der Waals surface area contributed by atoms with Crippen LogP contribution in [0.2, 0.25) is 0 Å². The van der Waals surface area contributed by atoms with Gasteiger partial charge in [-0.15, -0.1) is 0 Å². The zero-order chi connectivity index (χ0) is 30.2. The number of carboxylic acid groups (broad SMARTS) is 3. The first-order chi connectivity index (χ1) is 19.2. The Morgan fingerprint density at radius 1 is 0.525 bits per heavy atom. The number of hydrogen-bond acceptors (Lipinski definition) is 3. The molecule has 0 saturated heterocycles. The van der Waals surface area contributed by atoms with Crippen LogP contribution in [0, 0.1) is 17.8 Å². The van der Waals surface area contributed by atoms with E-state index in [-0.39, 0.29) is 24.1 Å². The highest BCUT2D eigenvalue weighted by atomic mass is 16.4. The highest BCUT2D eigenvalue weighted by Gasteiger charge is 2.40. The van der Waals surface area contributed by atoms with Crippen LogP contribution in [-0.2, 0) is 14.4 Å². The van der Waals surface area contributed by atoms with Crippen molar-refractivity contribution in [3.63, 3.8) is 0 Å². The number of hydrogen-bond donors (Lipinski definition) is 3. The molecule has 7 nitrogen and oxygen atoms in total. The summed E-state index contributed by atoms with van der Waals surface area (Å²) in [6.45, 7) is 9.22. The van der Waals surface area contributed by atoms with Crippen molar-refractivity contribution in [1.82, 2.24) is 0 Å². The molecule has 3 atom stereocenters. The Hall–Kier alpha value is -1.89. The molecule has 0 spiro atoms. The van der Waals surface area contributed by atoms with Gasteiger partial charge in [0.2, 0.25) is 0 Å². The molecule has 0 aliphatic carbocycles. The standard InChI is InChI=1S/C33H61NO6/c1-5-9-10-11-12-13-14-15-16-17-18-19-20-21-22-23-24-34(25-28(6-2)31(35)36,26-29(7-3)32(37)38)27-30(8-4)33(39)40/h12-13,28-30H,5-11,14-27H2,1-4H3,(H2-,35,36,37,38,39,40)/p+1/b13-12+. The monoisotopic (exact) mass is 568 g/mol. The lowest BCUT2D eigenvalue weighted by atomic mass is 9.95. The molecule has 0 aromatic rings. The van der Waals surface area contributed by atoms with Crippen molar-refractivity contribution in [2.24, 2.45) is 17.8 Å². The van der Waals surface area contributed by atoms with Crippen molar-refractivity contribution < 1.29 is 34.2 Å². The van der Waals surface area contributed by atoms with Crippen LogP contribution in [0.15, 0.2) is 12.2 Å². The van der Waals surface area contributed by atoms with Crippen molar-refractivity contribution >= 4 is 17.9 Å². The van der Waals surface area contributed by atoms with Crippen molar-refractivity contribution in [3.8, 4) is 0 Å². The Balaban J connectivity index is 4.87. The zero-order valence-corrected chi connectivity index (χ0v) is 26.2. The number of allylic oxidation sites excluding steroid dienone is 2. The van der Waals surface area contributed by atoms with Crippen LogP contribution in [0.4, 0.5) is 0 Å². The van der Waals surface area contributed by atoms with E-state index in [4.69, 9.17) is 0 Å². The van der Waals surface area contributed by atoms with E-state index in [0.717, 1.165) is 19.3 Å². The number of carboxylic acids is 3. The van der Waals surface area contributed by atoms with Gasteiger partial charge in [-0.2, -0.15) is 0 Å². The Labute approximate surface area is 245 Å². The van der Waals surface area contributed by atoms with Gasteiger partial charge in [0.05, 0.1) is 26.2 Å². The molecule has 0 aromatic heterocycles. The molecule has 0 aliphatic heterocycles. The van der Waals surface area contributed by atoms with E-state index in [1.54, 1.807) is 0 Å². The fourth-order valence-electron chi connectivity index (χ4n) is 5.74. The summed E-state index contributed by atoms with van der Waals surface area (Å²) in [5, 5.41) is 29.4. The minimum Gasteiger partial charge on any atom is -0.481 e. The predicted octanol–water partition coefficient (Wildman–Crippen LogP) is 8.17. The number of aliphatic carboxylic acids is 3. The predicted molar refractivity (Wildman–Crippen MR) is 163 cm³/mol. The highest BCUT2D eigenvalue weighted by molar-refractivity contribution is 5.71. The summed E-state index contributed by atoms with van der Waals surface area (Å²) in [7, 11) is 0. The van der Waals surface area contributed by atoms with Gasteiger partial charge in [0.25, 0.3) is 0 Å². The molecule has 3 N–H and O–H groups in total. The average Bonchev–Trinajstić information content (AvgIpc) is 2.92. The molecule has 0 bridgehead atoms. The summed E-state index contributed by atoms with van der Waals surface area (Å²) in [5.74, 6) is -4.52. The van der Waals surface area contributed by atoms with Gasteiger partial charge in [-0.25, -0.2) is 0 Å². The Morgan fingerprint density at radius 2 is 0.850 bits per heavy atom. The van der Waals surface area contributed by atoms with E-state index in [1.807, 2.05) is 20.8 Å². The van der Waals surface area contributed by atoms with E-state index in [0.29, 0.717) is 25.8 Å². The Kier molecular flexibility index (Phi) is 22.7. The lowest BCUT2D eigenvalue weighted by Gasteiger charge is -2.43. The Bertz CT molecular complexity index is 647. The number of nitrogens with zero attached hydrogens (tertiary/aromatic N) is 1. The molecule has 0 saturated carbocycles. The van der Waals surface area contributed by atoms with Crippen molar-refractivity contribution in [2.45, 2.75) is 137 Å². The first-order valence-electron chi connectivity index (χ1n) is 16.3. The molecule has 0 fully saturated rings. The molecule has 234 valence electrons. The molecule has 0 aromatic carbocycles. The SMILES string of the molecule is CCCCC/C=C/CCCCCCCCCCC[N+](CC(CC)C(=O)O)(CC(CC)C(=O)O)CC(CC)C(=O)O. The third-order valence-electron chi connectivity index (χ3n) is 8.49. The molecule has 40 heavy (non-hydrogen) atoms. The van der Waals surface area contributed by atoms with Crippen LogP contribution >= 0.6 is 0 Å². The number of carbonyl (C=O) groups is 3. The summed E-state index contributed by atoms with van der Waals surface area (Å²) in [5.41, 5.74) is 0. The second kappa shape index (κ2) is 23.8. The molecule has 0 aliphatic rings. The van der Waals surface area contributed by atoms with Crippen molar-refractivity contribution in [2.75, 3.05) is 26.2 Å². The minimum atomic E-state index is -0.889. The number of rotatable bonds is 28. The maximum absolute atomic E-state index is 12.0. The molecular weight excluding hydrogens is 506 g/mol. The molecule has 0 radical (unpaired) electrons. The van der Waals surface area contributed by atoms with Crippen molar-refractivity contribution in [1.29, 1.82) is 0 Å². The van der Waals surface area contributed by atoms with Crippen molar-refractivity contribution in [3.05, 3.63) is 12.2 Å². The third-order valence-corrected chi connectivity index (χ3v) is 8.49. The zero-order valence-electron chi connectivity index (χ0n) is 26.2. The fourth-order valence-corrected chi connectivity index (χ4v) is 5.74. The van der Waals surface area contributed by atoms with Gasteiger partial charge in [-0.1, -0.05) is 91.2 Å². The summed E-state index contributed by atoms with van der Waals surface area (Å²) < 4.78 is 0.257. The van der Waals surface area contributed by atoms with Gasteiger partial charge in [0.15, 0.2) is 0 Å². The van der Waals surface area contributed by atoms with Crippen LogP contribution in [0.25, 0.3) is 0 Å². The lowest BCUT2D eigenvalue weighted by Crippen LogP contribution is -2.58. The summed E-state index contributed by atoms with van der Waals surface area (Å²) in [4.78, 5) is 35.9. The van der Waals surface area contributed by atoms with Crippen LogP contribution < -0.4 is 0 Å². The molecule has 0 rings (SSSR count). The van der Waals surface area contributed by atoms with E-state index in [9.17, 15) is 29.7 Å². The average molecular weight is 569 g/mol. The maximum atomic E-state index is 12.0. The van der Waals surface area contributed by atoms with Crippen LogP contribution in [-0.4, -0.2) is 63.9 Å². The van der Waals surface area contributed by atoms with Gasteiger partial charge in [0.1, 0.15) is 17.8 Å². The first-order valence-corrected chi connectivity index (χ1v) is 16.3. The van der Waals surface area contributed by atoms with E-state index in [1.165, 1.54) is 70.6 Å². The van der Waals surface area contributed by atoms with Crippen LogP contribution in [0.3, 0.4) is 0 Å². The molecule has 3 unspecified atom stereocenters. The molecule has 7 heteroatoms. The first kappa shape index (κ1) is 38.1. The van der Waals surface area contributed by atoms with E-state index in [2.05, 4.69) is 19.1 Å². The number of unbranched alkanes of at least 4 members (excludes halogenated alkanes) is 12. The largest absolute Gasteiger partial charge is 0.481 e. The van der Waals surface area contributed by atoms with Gasteiger partial charge in [0, 0.05) is 0 Å². The maximum Gasteiger partial charge on any atom is 0.312 e. The van der Waals surface area contributed by atoms with Crippen LogP contribution in [0.1, 0.15) is 137 Å². The summed E-state index contributed by atoms with van der Waals surface area (Å²) in [6, 6.07) is 0. The summed E-state index contributed by atoms with van der Waals surface area (Å²) in [6.07, 6.45) is 22.7. The minimum absolute atomic E-state index is 0.257. The lowest BCUT2D eigenvalue weighted by molar-refractivity contribution is -0.935. The quantitative estimate of drug-likeness (QED) is 0.0498. The molecule has 0 heterocycles. The van der Waals surface area contributed by atoms with E-state index >= 15 is 0 Å². The molecule has 0 amide bonds. The van der Waals surface area contributed by atoms with Gasteiger partial charge in [-0.05, 0) is 57.8 Å². The third kappa shape index (κ3) is 17.7. The Morgan fingerprint density at radius 3 is 1.18 bits per heavy atom. The number of quaternary nitrogens is 1. The second-order valence-electron chi connectivity index (χ2n) is 11.9. The summed E-state index contributed by atoms with van der Waals surface area (Å²) >= 11 is 0. The second-order valence-corrected chi connectivity index (χ2v) is 11.9. The van der Waals surface area contributed by atoms with Crippen LogP contribution in [0.5, 0.6) is 0 Å². The van der Waals surface area contributed by atoms with E-state index < -0.39 is 35.7 Å². The van der Waals surface area contributed by atoms with Gasteiger partial charge in [-0.3, -0.25) is 14.4 Å². The van der Waals surface area contributed by atoms with Gasteiger partial charge < -0.3 is 19.8 Å². The topological polar surface area (TPSA) is 112 Å². The van der Waals surface area contributed by atoms with Gasteiger partial charge >= 0.3 is 17.9 Å². The highest BCUT2D eigenvalue weighted by Crippen LogP contribution is 2.25. The normalized spacial score (nSPS) is 15.5. The fraction of sp³-hybridized carbons (Fsp3) is 0.848. The molecular formula is C33H62NO6+.